The molecule has 0 bridgehead atoms. The van der Waals surface area contributed by atoms with Crippen molar-refractivity contribution in [3.8, 4) is 0 Å². The average molecular weight is 247 g/mol. The van der Waals surface area contributed by atoms with Gasteiger partial charge in [-0.25, -0.2) is 4.98 Å². The van der Waals surface area contributed by atoms with Gasteiger partial charge in [0, 0.05) is 17.3 Å². The second-order valence-electron chi connectivity index (χ2n) is 4.09. The van der Waals surface area contributed by atoms with E-state index in [9.17, 15) is 0 Å². The van der Waals surface area contributed by atoms with Gasteiger partial charge in [-0.05, 0) is 43.2 Å². The number of aryl methyl sites for hydroxylation is 1. The Labute approximate surface area is 107 Å². The summed E-state index contributed by atoms with van der Waals surface area (Å²) in [6.45, 7) is 4.15. The van der Waals surface area contributed by atoms with Crippen LogP contribution in [0, 0.1) is 6.92 Å². The first-order valence-electron chi connectivity index (χ1n) is 5.60. The van der Waals surface area contributed by atoms with E-state index in [-0.39, 0.29) is 6.04 Å². The number of aromatic nitrogens is 1. The topological polar surface area (TPSA) is 24.9 Å². The number of rotatable bonds is 3. The van der Waals surface area contributed by atoms with Crippen LogP contribution in [0.1, 0.15) is 24.1 Å². The molecule has 0 radical (unpaired) electrons. The Hall–Kier alpha value is -1.54. The number of hydrogen-bond donors (Lipinski definition) is 1. The molecule has 88 valence electrons. The van der Waals surface area contributed by atoms with Crippen molar-refractivity contribution in [3.63, 3.8) is 0 Å². The minimum atomic E-state index is 0.209. The quantitative estimate of drug-likeness (QED) is 0.877. The van der Waals surface area contributed by atoms with Crippen molar-refractivity contribution < 1.29 is 0 Å². The predicted octanol–water partition coefficient (Wildman–Crippen LogP) is 4.22. The fourth-order valence-electron chi connectivity index (χ4n) is 1.68. The van der Waals surface area contributed by atoms with Crippen molar-refractivity contribution in [2.24, 2.45) is 0 Å². The maximum atomic E-state index is 5.87. The minimum absolute atomic E-state index is 0.209. The van der Waals surface area contributed by atoms with E-state index in [0.29, 0.717) is 0 Å². The molecule has 0 aliphatic carbocycles. The summed E-state index contributed by atoms with van der Waals surface area (Å²) in [6.07, 6.45) is 1.80. The molecule has 1 aromatic carbocycles. The summed E-state index contributed by atoms with van der Waals surface area (Å²) in [7, 11) is 0. The summed E-state index contributed by atoms with van der Waals surface area (Å²) in [6, 6.07) is 12.1. The van der Waals surface area contributed by atoms with Gasteiger partial charge in [0.1, 0.15) is 5.82 Å². The number of nitrogens with one attached hydrogen (secondary N) is 1. The van der Waals surface area contributed by atoms with Crippen molar-refractivity contribution in [2.45, 2.75) is 19.9 Å². The van der Waals surface area contributed by atoms with E-state index in [1.165, 1.54) is 5.56 Å². The van der Waals surface area contributed by atoms with Crippen LogP contribution in [0.4, 0.5) is 5.82 Å². The van der Waals surface area contributed by atoms with Gasteiger partial charge in [-0.2, -0.15) is 0 Å². The molecule has 0 fully saturated rings. The molecule has 0 spiro atoms. The third-order valence-electron chi connectivity index (χ3n) is 2.73. The van der Waals surface area contributed by atoms with E-state index in [0.717, 1.165) is 16.4 Å². The molecule has 2 nitrogen and oxygen atoms in total. The van der Waals surface area contributed by atoms with Crippen LogP contribution in [0.25, 0.3) is 0 Å². The van der Waals surface area contributed by atoms with Crippen LogP contribution in [0.5, 0.6) is 0 Å². The van der Waals surface area contributed by atoms with Crippen molar-refractivity contribution in [1.29, 1.82) is 0 Å². The molecule has 1 N–H and O–H groups in total. The number of benzene rings is 1. The Morgan fingerprint density at radius 2 is 1.88 bits per heavy atom. The zero-order valence-electron chi connectivity index (χ0n) is 9.94. The van der Waals surface area contributed by atoms with Gasteiger partial charge >= 0.3 is 0 Å². The lowest BCUT2D eigenvalue weighted by molar-refractivity contribution is 0.871. The Morgan fingerprint density at radius 1 is 1.18 bits per heavy atom. The lowest BCUT2D eigenvalue weighted by Gasteiger charge is -2.16. The van der Waals surface area contributed by atoms with Crippen molar-refractivity contribution in [3.05, 3.63) is 58.7 Å². The maximum Gasteiger partial charge on any atom is 0.129 e. The average Bonchev–Trinajstić information content (AvgIpc) is 2.33. The summed E-state index contributed by atoms with van der Waals surface area (Å²) >= 11 is 5.87. The molecule has 0 amide bonds. The van der Waals surface area contributed by atoms with E-state index in [2.05, 4.69) is 17.2 Å². The molecular weight excluding hydrogens is 232 g/mol. The highest BCUT2D eigenvalue weighted by Crippen LogP contribution is 2.21. The van der Waals surface area contributed by atoms with Gasteiger partial charge in [0.15, 0.2) is 0 Å². The largest absolute Gasteiger partial charge is 0.363 e. The molecule has 0 saturated carbocycles. The fraction of sp³-hybridized carbons (Fsp3) is 0.214. The SMILES string of the molecule is Cc1cccnc1NC(C)c1ccc(Cl)cc1. The summed E-state index contributed by atoms with van der Waals surface area (Å²) in [5.74, 6) is 0.926. The molecule has 1 unspecified atom stereocenters. The van der Waals surface area contributed by atoms with Gasteiger partial charge in [0.25, 0.3) is 0 Å². The van der Waals surface area contributed by atoms with Crippen LogP contribution in [0.2, 0.25) is 5.02 Å². The first-order valence-corrected chi connectivity index (χ1v) is 5.98. The first-order chi connectivity index (χ1) is 8.16. The van der Waals surface area contributed by atoms with Gasteiger partial charge in [-0.15, -0.1) is 0 Å². The number of anilines is 1. The summed E-state index contributed by atoms with van der Waals surface area (Å²) in [5, 5.41) is 4.15. The second kappa shape index (κ2) is 5.19. The zero-order valence-corrected chi connectivity index (χ0v) is 10.7. The standard InChI is InChI=1S/C14H15ClN2/c1-10-4-3-9-16-14(10)17-11(2)12-5-7-13(15)8-6-12/h3-9,11H,1-2H3,(H,16,17). The molecular formula is C14H15ClN2. The van der Waals surface area contributed by atoms with Crippen LogP contribution >= 0.6 is 11.6 Å². The molecule has 0 saturated heterocycles. The minimum Gasteiger partial charge on any atom is -0.363 e. The molecule has 2 aromatic rings. The highest BCUT2D eigenvalue weighted by Gasteiger charge is 2.07. The van der Waals surface area contributed by atoms with Crippen LogP contribution in [-0.2, 0) is 0 Å². The lowest BCUT2D eigenvalue weighted by Crippen LogP contribution is -2.08. The van der Waals surface area contributed by atoms with Crippen molar-refractivity contribution in [1.82, 2.24) is 4.98 Å². The predicted molar refractivity (Wildman–Crippen MR) is 72.5 cm³/mol. The monoisotopic (exact) mass is 246 g/mol. The summed E-state index contributed by atoms with van der Waals surface area (Å²) < 4.78 is 0. The third kappa shape index (κ3) is 2.98. The van der Waals surface area contributed by atoms with Crippen LogP contribution < -0.4 is 5.32 Å². The summed E-state index contributed by atoms with van der Waals surface area (Å²) in [5.41, 5.74) is 2.34. The Morgan fingerprint density at radius 3 is 2.53 bits per heavy atom. The molecule has 1 aromatic heterocycles. The van der Waals surface area contributed by atoms with Crippen LogP contribution in [0.3, 0.4) is 0 Å². The smallest absolute Gasteiger partial charge is 0.129 e. The number of nitrogens with zero attached hydrogens (tertiary/aromatic N) is 1. The van der Waals surface area contributed by atoms with E-state index < -0.39 is 0 Å². The van der Waals surface area contributed by atoms with Gasteiger partial charge in [-0.1, -0.05) is 29.8 Å². The van der Waals surface area contributed by atoms with E-state index in [1.54, 1.807) is 6.20 Å². The summed E-state index contributed by atoms with van der Waals surface area (Å²) in [4.78, 5) is 4.32. The Kier molecular flexibility index (Phi) is 3.64. The zero-order chi connectivity index (χ0) is 12.3. The maximum absolute atomic E-state index is 5.87. The highest BCUT2D eigenvalue weighted by atomic mass is 35.5. The molecule has 2 rings (SSSR count). The molecule has 0 aliphatic rings. The number of halogens is 1. The van der Waals surface area contributed by atoms with Crippen LogP contribution in [-0.4, -0.2) is 4.98 Å². The third-order valence-corrected chi connectivity index (χ3v) is 2.98. The molecule has 1 heterocycles. The number of hydrogen-bond acceptors (Lipinski definition) is 2. The molecule has 0 aliphatic heterocycles. The van der Waals surface area contributed by atoms with Gasteiger partial charge in [0.2, 0.25) is 0 Å². The van der Waals surface area contributed by atoms with E-state index >= 15 is 0 Å². The Bertz CT molecular complexity index is 494. The van der Waals surface area contributed by atoms with Gasteiger partial charge in [0.05, 0.1) is 0 Å². The molecule has 1 atom stereocenters. The van der Waals surface area contributed by atoms with Crippen molar-refractivity contribution >= 4 is 17.4 Å². The first kappa shape index (κ1) is 11.9. The van der Waals surface area contributed by atoms with E-state index in [4.69, 9.17) is 11.6 Å². The van der Waals surface area contributed by atoms with Crippen molar-refractivity contribution in [2.75, 3.05) is 5.32 Å². The number of pyridine rings is 1. The van der Waals surface area contributed by atoms with Gasteiger partial charge < -0.3 is 5.32 Å². The lowest BCUT2D eigenvalue weighted by atomic mass is 10.1. The fourth-order valence-corrected chi connectivity index (χ4v) is 1.80. The van der Waals surface area contributed by atoms with Gasteiger partial charge in [-0.3, -0.25) is 0 Å². The second-order valence-corrected chi connectivity index (χ2v) is 4.52. The van der Waals surface area contributed by atoms with Crippen LogP contribution in [0.15, 0.2) is 42.6 Å². The molecule has 17 heavy (non-hydrogen) atoms. The Balaban J connectivity index is 2.14. The van der Waals surface area contributed by atoms with E-state index in [1.807, 2.05) is 43.3 Å². The normalized spacial score (nSPS) is 12.2. The molecule has 3 heteroatoms. The highest BCUT2D eigenvalue weighted by molar-refractivity contribution is 6.30.